The van der Waals surface area contributed by atoms with Crippen LogP contribution in [0.4, 0.5) is 10.1 Å². The van der Waals surface area contributed by atoms with Crippen molar-refractivity contribution in [1.82, 2.24) is 0 Å². The number of halogens is 1. The van der Waals surface area contributed by atoms with Crippen LogP contribution >= 0.6 is 0 Å². The van der Waals surface area contributed by atoms with Crippen LogP contribution < -0.4 is 10.6 Å². The van der Waals surface area contributed by atoms with Gasteiger partial charge in [-0.25, -0.2) is 9.38 Å². The summed E-state index contributed by atoms with van der Waals surface area (Å²) in [7, 11) is 0. The van der Waals surface area contributed by atoms with Crippen molar-refractivity contribution < 1.29 is 9.13 Å². The van der Waals surface area contributed by atoms with Gasteiger partial charge in [-0.2, -0.15) is 0 Å². The Labute approximate surface area is 99.9 Å². The van der Waals surface area contributed by atoms with Crippen LogP contribution in [-0.4, -0.2) is 31.8 Å². The maximum Gasteiger partial charge on any atom is 0.282 e. The first kappa shape index (κ1) is 11.7. The molecular formula is C12H16FN3O. The van der Waals surface area contributed by atoms with Crippen LogP contribution in [0, 0.1) is 5.82 Å². The van der Waals surface area contributed by atoms with Crippen molar-refractivity contribution in [1.29, 1.82) is 0 Å². The summed E-state index contributed by atoms with van der Waals surface area (Å²) in [5.74, 6) is -0.217. The minimum atomic E-state index is -0.217. The third kappa shape index (κ3) is 2.67. The molecule has 4 nitrogen and oxygen atoms in total. The summed E-state index contributed by atoms with van der Waals surface area (Å²) in [4.78, 5) is 6.08. The molecule has 0 aromatic heterocycles. The largest absolute Gasteiger partial charge is 0.463 e. The lowest BCUT2D eigenvalue weighted by Gasteiger charge is -2.24. The van der Waals surface area contributed by atoms with E-state index in [1.165, 1.54) is 6.07 Å². The Balaban J connectivity index is 2.09. The highest BCUT2D eigenvalue weighted by molar-refractivity contribution is 5.73. The number of nitrogens with two attached hydrogens (primary N) is 1. The van der Waals surface area contributed by atoms with E-state index in [9.17, 15) is 4.39 Å². The summed E-state index contributed by atoms with van der Waals surface area (Å²) >= 11 is 0. The highest BCUT2D eigenvalue weighted by atomic mass is 19.1. The van der Waals surface area contributed by atoms with E-state index in [1.807, 2.05) is 17.9 Å². The van der Waals surface area contributed by atoms with Crippen LogP contribution in [0.15, 0.2) is 29.3 Å². The lowest BCUT2D eigenvalue weighted by molar-refractivity contribution is 0.313. The molecule has 2 N–H and O–H groups in total. The fraction of sp³-hybridized carbons (Fsp3) is 0.417. The molecule has 0 radical (unpaired) electrons. The molecule has 0 aliphatic carbocycles. The van der Waals surface area contributed by atoms with Crippen molar-refractivity contribution in [2.24, 2.45) is 10.7 Å². The predicted molar refractivity (Wildman–Crippen MR) is 65.6 cm³/mol. The number of rotatable bonds is 4. The normalized spacial score (nSPS) is 18.7. The van der Waals surface area contributed by atoms with Gasteiger partial charge in [0.2, 0.25) is 0 Å². The van der Waals surface area contributed by atoms with Gasteiger partial charge in [0.25, 0.3) is 6.02 Å². The van der Waals surface area contributed by atoms with E-state index >= 15 is 0 Å². The molecule has 0 fully saturated rings. The second-order valence-electron chi connectivity index (χ2n) is 3.92. The zero-order valence-electron chi connectivity index (χ0n) is 9.77. The highest BCUT2D eigenvalue weighted by Gasteiger charge is 2.20. The van der Waals surface area contributed by atoms with Gasteiger partial charge in [0.05, 0.1) is 5.69 Å². The molecule has 0 saturated heterocycles. The van der Waals surface area contributed by atoms with E-state index in [2.05, 4.69) is 4.99 Å². The zero-order valence-corrected chi connectivity index (χ0v) is 9.77. The molecule has 1 aromatic carbocycles. The summed E-state index contributed by atoms with van der Waals surface area (Å²) in [5.41, 5.74) is 6.04. The third-order valence-electron chi connectivity index (χ3n) is 2.74. The number of para-hydroxylation sites is 1. The van der Waals surface area contributed by atoms with E-state index in [1.54, 1.807) is 12.1 Å². The van der Waals surface area contributed by atoms with Crippen molar-refractivity contribution in [3.05, 3.63) is 30.1 Å². The van der Waals surface area contributed by atoms with Gasteiger partial charge in [0, 0.05) is 13.1 Å². The van der Waals surface area contributed by atoms with E-state index in [0.717, 1.165) is 0 Å². The highest BCUT2D eigenvalue weighted by Crippen LogP contribution is 2.19. The Morgan fingerprint density at radius 1 is 1.53 bits per heavy atom. The Morgan fingerprint density at radius 3 is 2.88 bits per heavy atom. The van der Waals surface area contributed by atoms with Crippen LogP contribution in [0.2, 0.25) is 0 Å². The van der Waals surface area contributed by atoms with Gasteiger partial charge in [-0.1, -0.05) is 12.1 Å². The maximum absolute atomic E-state index is 13.6. The summed E-state index contributed by atoms with van der Waals surface area (Å²) in [6.45, 7) is 3.77. The summed E-state index contributed by atoms with van der Waals surface area (Å²) < 4.78 is 18.7. The fourth-order valence-electron chi connectivity index (χ4n) is 1.89. The average Bonchev–Trinajstić information content (AvgIpc) is 2.73. The molecule has 1 aliphatic heterocycles. The standard InChI is InChI=1S/C12H16FN3O/c1-2-16(7-9-8-17-12(14)15-9)11-6-4-3-5-10(11)13/h3-6,9H,2,7-8H2,1H3,(H2,14,15). The Kier molecular flexibility index (Phi) is 3.46. The number of benzene rings is 1. The van der Waals surface area contributed by atoms with Crippen LogP contribution in [-0.2, 0) is 4.74 Å². The molecule has 17 heavy (non-hydrogen) atoms. The summed E-state index contributed by atoms with van der Waals surface area (Å²) in [6, 6.07) is 6.93. The van der Waals surface area contributed by atoms with Crippen molar-refractivity contribution >= 4 is 11.7 Å². The average molecular weight is 237 g/mol. The second kappa shape index (κ2) is 5.03. The van der Waals surface area contributed by atoms with Crippen LogP contribution in [0.5, 0.6) is 0 Å². The van der Waals surface area contributed by atoms with Gasteiger partial charge in [-0.05, 0) is 19.1 Å². The topological polar surface area (TPSA) is 50.9 Å². The van der Waals surface area contributed by atoms with Crippen LogP contribution in [0.1, 0.15) is 6.92 Å². The molecule has 2 rings (SSSR count). The number of hydrogen-bond acceptors (Lipinski definition) is 4. The number of nitrogens with zero attached hydrogens (tertiary/aromatic N) is 2. The van der Waals surface area contributed by atoms with Gasteiger partial charge in [-0.15, -0.1) is 0 Å². The Bertz CT molecular complexity index is 422. The molecule has 1 unspecified atom stereocenters. The predicted octanol–water partition coefficient (Wildman–Crippen LogP) is 1.37. The number of hydrogen-bond donors (Lipinski definition) is 1. The minimum absolute atomic E-state index is 0.0189. The van der Waals surface area contributed by atoms with Crippen molar-refractivity contribution in [2.45, 2.75) is 13.0 Å². The molecule has 0 spiro atoms. The maximum atomic E-state index is 13.6. The first-order valence-electron chi connectivity index (χ1n) is 5.66. The molecule has 0 bridgehead atoms. The monoisotopic (exact) mass is 237 g/mol. The van der Waals surface area contributed by atoms with Crippen LogP contribution in [0.25, 0.3) is 0 Å². The van der Waals surface area contributed by atoms with Crippen molar-refractivity contribution in [3.8, 4) is 0 Å². The first-order valence-corrected chi connectivity index (χ1v) is 5.66. The molecule has 1 aliphatic rings. The number of likely N-dealkylation sites (N-methyl/N-ethyl adjacent to an activating group) is 1. The first-order chi connectivity index (χ1) is 8.20. The van der Waals surface area contributed by atoms with Gasteiger partial charge in [0.1, 0.15) is 18.5 Å². The fourth-order valence-corrected chi connectivity index (χ4v) is 1.89. The van der Waals surface area contributed by atoms with Gasteiger partial charge in [0.15, 0.2) is 0 Å². The molecule has 1 atom stereocenters. The minimum Gasteiger partial charge on any atom is -0.463 e. The number of anilines is 1. The SMILES string of the molecule is CCN(CC1COC(N)=N1)c1ccccc1F. The molecule has 5 heteroatoms. The van der Waals surface area contributed by atoms with Gasteiger partial charge < -0.3 is 15.4 Å². The smallest absolute Gasteiger partial charge is 0.282 e. The molecule has 0 amide bonds. The van der Waals surface area contributed by atoms with Gasteiger partial charge >= 0.3 is 0 Å². The summed E-state index contributed by atoms with van der Waals surface area (Å²) in [5, 5.41) is 0. The van der Waals surface area contributed by atoms with Crippen molar-refractivity contribution in [2.75, 3.05) is 24.6 Å². The summed E-state index contributed by atoms with van der Waals surface area (Å²) in [6.07, 6.45) is 0. The quantitative estimate of drug-likeness (QED) is 0.860. The Morgan fingerprint density at radius 2 is 2.29 bits per heavy atom. The third-order valence-corrected chi connectivity index (χ3v) is 2.74. The molecule has 0 saturated carbocycles. The van der Waals surface area contributed by atoms with Crippen molar-refractivity contribution in [3.63, 3.8) is 0 Å². The zero-order chi connectivity index (χ0) is 12.3. The van der Waals surface area contributed by atoms with Gasteiger partial charge in [-0.3, -0.25) is 0 Å². The number of ether oxygens (including phenoxy) is 1. The molecular weight excluding hydrogens is 221 g/mol. The van der Waals surface area contributed by atoms with E-state index in [4.69, 9.17) is 10.5 Å². The van der Waals surface area contributed by atoms with E-state index in [0.29, 0.717) is 25.4 Å². The molecule has 92 valence electrons. The lowest BCUT2D eigenvalue weighted by Crippen LogP contribution is -2.32. The second-order valence-corrected chi connectivity index (χ2v) is 3.92. The number of amidine groups is 1. The van der Waals surface area contributed by atoms with E-state index < -0.39 is 0 Å². The molecule has 1 aromatic rings. The van der Waals surface area contributed by atoms with E-state index in [-0.39, 0.29) is 17.9 Å². The molecule has 1 heterocycles. The Hall–Kier alpha value is -1.78. The number of aliphatic imine (C=N–C) groups is 1. The van der Waals surface area contributed by atoms with Crippen LogP contribution in [0.3, 0.4) is 0 Å². The lowest BCUT2D eigenvalue weighted by atomic mass is 10.2.